The summed E-state index contributed by atoms with van der Waals surface area (Å²) < 4.78 is 0. The molecule has 0 saturated carbocycles. The van der Waals surface area contributed by atoms with Crippen LogP contribution in [0.4, 0.5) is 5.69 Å². The maximum Gasteiger partial charge on any atom is 0.268 e. The first-order valence-electron chi connectivity index (χ1n) is 5.77. The second-order valence-corrected chi connectivity index (χ2v) is 4.93. The summed E-state index contributed by atoms with van der Waals surface area (Å²) in [5.41, 5.74) is 1.76. The molecule has 1 N–H and O–H groups in total. The van der Waals surface area contributed by atoms with Crippen LogP contribution in [0.2, 0.25) is 0 Å². The zero-order valence-corrected chi connectivity index (χ0v) is 11.2. The van der Waals surface area contributed by atoms with E-state index >= 15 is 0 Å². The number of carbonyl (C=O) groups excluding carboxylic acids is 1. The van der Waals surface area contributed by atoms with Gasteiger partial charge >= 0.3 is 0 Å². The van der Waals surface area contributed by atoms with Gasteiger partial charge in [0.15, 0.2) is 0 Å². The van der Waals surface area contributed by atoms with Crippen LogP contribution in [0.15, 0.2) is 35.7 Å². The fourth-order valence-corrected chi connectivity index (χ4v) is 2.74. The molecule has 0 spiro atoms. The van der Waals surface area contributed by atoms with Crippen molar-refractivity contribution in [2.24, 2.45) is 0 Å². The van der Waals surface area contributed by atoms with Gasteiger partial charge in [-0.25, -0.2) is 0 Å². The Kier molecular flexibility index (Phi) is 3.67. The zero-order valence-electron chi connectivity index (χ0n) is 10.4. The summed E-state index contributed by atoms with van der Waals surface area (Å²) in [6.07, 6.45) is 0.846. The Labute approximate surface area is 110 Å². The molecule has 1 amide bonds. The van der Waals surface area contributed by atoms with Crippen molar-refractivity contribution in [1.82, 2.24) is 0 Å². The molecule has 3 nitrogen and oxygen atoms in total. The molecule has 0 unspecified atom stereocenters. The third-order valence-corrected chi connectivity index (χ3v) is 3.79. The van der Waals surface area contributed by atoms with E-state index in [-0.39, 0.29) is 11.7 Å². The molecule has 94 valence electrons. The van der Waals surface area contributed by atoms with Crippen LogP contribution in [0.3, 0.4) is 0 Å². The highest BCUT2D eigenvalue weighted by molar-refractivity contribution is 7.12. The van der Waals surface area contributed by atoms with Crippen molar-refractivity contribution in [3.05, 3.63) is 46.2 Å². The third kappa shape index (κ3) is 2.38. The van der Waals surface area contributed by atoms with Gasteiger partial charge in [0.1, 0.15) is 5.75 Å². The number of nitrogens with zero attached hydrogens (tertiary/aromatic N) is 1. The van der Waals surface area contributed by atoms with Crippen LogP contribution >= 0.6 is 11.3 Å². The predicted molar refractivity (Wildman–Crippen MR) is 74.5 cm³/mol. The second kappa shape index (κ2) is 5.23. The molecule has 0 aliphatic rings. The minimum atomic E-state index is -0.0348. The molecule has 1 aromatic carbocycles. The fourth-order valence-electron chi connectivity index (χ4n) is 1.77. The smallest absolute Gasteiger partial charge is 0.268 e. The van der Waals surface area contributed by atoms with Gasteiger partial charge in [-0.3, -0.25) is 4.79 Å². The number of thiophene rings is 1. The molecule has 0 aliphatic heterocycles. The molecule has 4 heteroatoms. The molecule has 0 bridgehead atoms. The summed E-state index contributed by atoms with van der Waals surface area (Å²) in [6, 6.07) is 8.68. The largest absolute Gasteiger partial charge is 0.508 e. The predicted octanol–water partition coefficient (Wildman–Crippen LogP) is 3.29. The quantitative estimate of drug-likeness (QED) is 0.921. The number of anilines is 1. The summed E-state index contributed by atoms with van der Waals surface area (Å²) in [7, 11) is 1.72. The first-order valence-corrected chi connectivity index (χ1v) is 6.65. The van der Waals surface area contributed by atoms with Crippen LogP contribution in [0, 0.1) is 0 Å². The topological polar surface area (TPSA) is 40.5 Å². The Morgan fingerprint density at radius 1 is 1.39 bits per heavy atom. The summed E-state index contributed by atoms with van der Waals surface area (Å²) in [5.74, 6) is 0.126. The van der Waals surface area contributed by atoms with Gasteiger partial charge in [-0.05, 0) is 35.6 Å². The van der Waals surface area contributed by atoms with E-state index in [4.69, 9.17) is 0 Å². The van der Waals surface area contributed by atoms with Gasteiger partial charge in [-0.1, -0.05) is 13.0 Å². The third-order valence-electron chi connectivity index (χ3n) is 2.84. The number of hydrogen-bond acceptors (Lipinski definition) is 3. The van der Waals surface area contributed by atoms with Crippen molar-refractivity contribution >= 4 is 22.9 Å². The van der Waals surface area contributed by atoms with Gasteiger partial charge in [0.25, 0.3) is 5.91 Å². The molecule has 0 atom stereocenters. The lowest BCUT2D eigenvalue weighted by Crippen LogP contribution is -2.26. The van der Waals surface area contributed by atoms with Gasteiger partial charge in [0, 0.05) is 18.8 Å². The summed E-state index contributed by atoms with van der Waals surface area (Å²) in [6.45, 7) is 2.03. The van der Waals surface area contributed by atoms with Crippen molar-refractivity contribution in [1.29, 1.82) is 0 Å². The van der Waals surface area contributed by atoms with Crippen LogP contribution in [-0.4, -0.2) is 18.1 Å². The zero-order chi connectivity index (χ0) is 13.1. The molecule has 18 heavy (non-hydrogen) atoms. The number of benzene rings is 1. The average molecular weight is 261 g/mol. The van der Waals surface area contributed by atoms with Crippen LogP contribution in [0.5, 0.6) is 5.75 Å². The fraction of sp³-hybridized carbons (Fsp3) is 0.214. The Hall–Kier alpha value is -1.81. The van der Waals surface area contributed by atoms with Crippen LogP contribution in [0.1, 0.15) is 22.2 Å². The highest BCUT2D eigenvalue weighted by Crippen LogP contribution is 2.24. The van der Waals surface area contributed by atoms with E-state index in [0.717, 1.165) is 16.9 Å². The number of aryl methyl sites for hydroxylation is 1. The minimum absolute atomic E-state index is 0.0348. The number of phenols is 1. The molecule has 2 rings (SSSR count). The Morgan fingerprint density at radius 2 is 2.17 bits per heavy atom. The molecule has 1 aromatic heterocycles. The molecule has 1 heterocycles. The summed E-state index contributed by atoms with van der Waals surface area (Å²) in [5, 5.41) is 11.4. The van der Waals surface area contributed by atoms with Gasteiger partial charge in [0.2, 0.25) is 0 Å². The van der Waals surface area contributed by atoms with Crippen LogP contribution < -0.4 is 4.90 Å². The first kappa shape index (κ1) is 12.6. The van der Waals surface area contributed by atoms with E-state index in [2.05, 4.69) is 0 Å². The lowest BCUT2D eigenvalue weighted by atomic mass is 10.2. The highest BCUT2D eigenvalue weighted by atomic mass is 32.1. The Balaban J connectivity index is 2.29. The van der Waals surface area contributed by atoms with E-state index in [0.29, 0.717) is 5.69 Å². The van der Waals surface area contributed by atoms with Gasteiger partial charge in [0.05, 0.1) is 4.88 Å². The minimum Gasteiger partial charge on any atom is -0.508 e. The lowest BCUT2D eigenvalue weighted by Gasteiger charge is -2.17. The standard InChI is InChI=1S/C14H15NO2S/c1-3-10-7-8-18-13(10)14(17)15(2)11-5-4-6-12(16)9-11/h4-9,16H,3H2,1-2H3. The number of rotatable bonds is 3. The summed E-state index contributed by atoms with van der Waals surface area (Å²) in [4.78, 5) is 14.7. The molecule has 0 fully saturated rings. The van der Waals surface area contributed by atoms with E-state index < -0.39 is 0 Å². The van der Waals surface area contributed by atoms with E-state index in [1.807, 2.05) is 18.4 Å². The van der Waals surface area contributed by atoms with Gasteiger partial charge in [-0.15, -0.1) is 11.3 Å². The maximum atomic E-state index is 12.4. The highest BCUT2D eigenvalue weighted by Gasteiger charge is 2.17. The van der Waals surface area contributed by atoms with Crippen LogP contribution in [-0.2, 0) is 6.42 Å². The van der Waals surface area contributed by atoms with Crippen molar-refractivity contribution in [2.75, 3.05) is 11.9 Å². The molecular weight excluding hydrogens is 246 g/mol. The normalized spacial score (nSPS) is 10.3. The van der Waals surface area contributed by atoms with Gasteiger partial charge < -0.3 is 10.0 Å². The average Bonchev–Trinajstić information content (AvgIpc) is 2.85. The van der Waals surface area contributed by atoms with E-state index in [1.165, 1.54) is 11.3 Å². The first-order chi connectivity index (χ1) is 8.63. The monoisotopic (exact) mass is 261 g/mol. The molecular formula is C14H15NO2S. The van der Waals surface area contributed by atoms with Crippen molar-refractivity contribution in [3.8, 4) is 5.75 Å². The summed E-state index contributed by atoms with van der Waals surface area (Å²) >= 11 is 1.46. The lowest BCUT2D eigenvalue weighted by molar-refractivity contribution is 0.0996. The van der Waals surface area contributed by atoms with Crippen LogP contribution in [0.25, 0.3) is 0 Å². The molecule has 2 aromatic rings. The van der Waals surface area contributed by atoms with Crippen molar-refractivity contribution < 1.29 is 9.90 Å². The number of phenolic OH excluding ortho intramolecular Hbond substituents is 1. The molecule has 0 saturated heterocycles. The number of amides is 1. The molecule has 0 aliphatic carbocycles. The maximum absolute atomic E-state index is 12.4. The number of carbonyl (C=O) groups is 1. The SMILES string of the molecule is CCc1ccsc1C(=O)N(C)c1cccc(O)c1. The number of aromatic hydroxyl groups is 1. The van der Waals surface area contributed by atoms with Gasteiger partial charge in [-0.2, -0.15) is 0 Å². The Bertz CT molecular complexity index is 562. The van der Waals surface area contributed by atoms with E-state index in [1.54, 1.807) is 36.2 Å². The van der Waals surface area contributed by atoms with Crippen molar-refractivity contribution in [3.63, 3.8) is 0 Å². The van der Waals surface area contributed by atoms with Crippen molar-refractivity contribution in [2.45, 2.75) is 13.3 Å². The molecule has 0 radical (unpaired) electrons. The Morgan fingerprint density at radius 3 is 2.83 bits per heavy atom. The van der Waals surface area contributed by atoms with E-state index in [9.17, 15) is 9.90 Å². The second-order valence-electron chi connectivity index (χ2n) is 4.01. The number of hydrogen-bond donors (Lipinski definition) is 1.